The lowest BCUT2D eigenvalue weighted by atomic mass is 10.1. The van der Waals surface area contributed by atoms with E-state index in [9.17, 15) is 13.6 Å². The van der Waals surface area contributed by atoms with Crippen LogP contribution >= 0.6 is 0 Å². The predicted octanol–water partition coefficient (Wildman–Crippen LogP) is 3.13. The summed E-state index contributed by atoms with van der Waals surface area (Å²) in [6.45, 7) is 4.09. The number of nitrogens with zero attached hydrogens (tertiary/aromatic N) is 2. The van der Waals surface area contributed by atoms with Gasteiger partial charge in [-0.2, -0.15) is 0 Å². The van der Waals surface area contributed by atoms with Crippen LogP contribution in [-0.4, -0.2) is 9.38 Å². The molecule has 0 radical (unpaired) electrons. The van der Waals surface area contributed by atoms with Crippen LogP contribution in [0.2, 0.25) is 0 Å². The van der Waals surface area contributed by atoms with Crippen molar-refractivity contribution >= 4 is 5.65 Å². The van der Waals surface area contributed by atoms with Crippen LogP contribution in [0.5, 0.6) is 0 Å². The second-order valence-electron chi connectivity index (χ2n) is 5.80. The van der Waals surface area contributed by atoms with Crippen LogP contribution in [0, 0.1) is 18.6 Å². The Hall–Kier alpha value is -2.60. The summed E-state index contributed by atoms with van der Waals surface area (Å²) in [7, 11) is 0. The van der Waals surface area contributed by atoms with E-state index in [-0.39, 0.29) is 11.6 Å². The van der Waals surface area contributed by atoms with Crippen molar-refractivity contribution in [2.75, 3.05) is 0 Å². The van der Waals surface area contributed by atoms with Gasteiger partial charge in [-0.05, 0) is 43.2 Å². The van der Waals surface area contributed by atoms with E-state index in [2.05, 4.69) is 10.3 Å². The molecule has 6 heteroatoms. The van der Waals surface area contributed by atoms with Crippen molar-refractivity contribution in [1.29, 1.82) is 0 Å². The summed E-state index contributed by atoms with van der Waals surface area (Å²) in [5, 5.41) is 3.17. The highest BCUT2D eigenvalue weighted by molar-refractivity contribution is 5.39. The first-order valence-corrected chi connectivity index (χ1v) is 7.61. The van der Waals surface area contributed by atoms with Gasteiger partial charge in [0.2, 0.25) is 0 Å². The molecule has 124 valence electrons. The van der Waals surface area contributed by atoms with E-state index in [0.29, 0.717) is 23.4 Å². The average molecular weight is 329 g/mol. The quantitative estimate of drug-likeness (QED) is 0.800. The predicted molar refractivity (Wildman–Crippen MR) is 87.8 cm³/mol. The van der Waals surface area contributed by atoms with Crippen molar-refractivity contribution in [2.24, 2.45) is 0 Å². The SMILES string of the molecule is Cc1ccc2nc(CN[C@H](C)c3ccc(F)c(F)c3)cc(=O)n2c1. The van der Waals surface area contributed by atoms with Gasteiger partial charge in [0.05, 0.1) is 5.69 Å². The highest BCUT2D eigenvalue weighted by atomic mass is 19.2. The van der Waals surface area contributed by atoms with E-state index in [4.69, 9.17) is 0 Å². The molecule has 0 saturated carbocycles. The van der Waals surface area contributed by atoms with E-state index in [0.717, 1.165) is 11.6 Å². The third-order valence-electron chi connectivity index (χ3n) is 3.89. The number of aromatic nitrogens is 2. The lowest BCUT2D eigenvalue weighted by molar-refractivity contribution is 0.500. The molecule has 1 N–H and O–H groups in total. The monoisotopic (exact) mass is 329 g/mol. The molecular weight excluding hydrogens is 312 g/mol. The Kier molecular flexibility index (Phi) is 4.40. The minimum Gasteiger partial charge on any atom is -0.305 e. The molecular formula is C18H17F2N3O. The number of pyridine rings is 1. The molecule has 0 amide bonds. The van der Waals surface area contributed by atoms with Crippen LogP contribution < -0.4 is 10.9 Å². The molecule has 2 heterocycles. The van der Waals surface area contributed by atoms with Gasteiger partial charge in [0.15, 0.2) is 11.6 Å². The van der Waals surface area contributed by atoms with Crippen molar-refractivity contribution in [1.82, 2.24) is 14.7 Å². The van der Waals surface area contributed by atoms with Crippen LogP contribution in [-0.2, 0) is 6.54 Å². The van der Waals surface area contributed by atoms with Crippen molar-refractivity contribution in [3.8, 4) is 0 Å². The molecule has 1 atom stereocenters. The molecule has 1 aromatic carbocycles. The highest BCUT2D eigenvalue weighted by Gasteiger charge is 2.10. The second-order valence-corrected chi connectivity index (χ2v) is 5.80. The summed E-state index contributed by atoms with van der Waals surface area (Å²) in [6.07, 6.45) is 1.74. The number of aryl methyl sites for hydroxylation is 1. The van der Waals surface area contributed by atoms with Crippen molar-refractivity contribution in [2.45, 2.75) is 26.4 Å². The Morgan fingerprint density at radius 3 is 2.71 bits per heavy atom. The lowest BCUT2D eigenvalue weighted by Gasteiger charge is -2.14. The van der Waals surface area contributed by atoms with Gasteiger partial charge in [-0.15, -0.1) is 0 Å². The van der Waals surface area contributed by atoms with Crippen LogP contribution in [0.3, 0.4) is 0 Å². The summed E-state index contributed by atoms with van der Waals surface area (Å²) in [5.41, 5.74) is 2.62. The number of halogens is 2. The summed E-state index contributed by atoms with van der Waals surface area (Å²) < 4.78 is 27.8. The molecule has 4 nitrogen and oxygen atoms in total. The standard InChI is InChI=1S/C18H17F2N3O/c1-11-3-6-17-22-14(8-18(24)23(17)10-11)9-21-12(2)13-4-5-15(19)16(20)7-13/h3-8,10,12,21H,9H2,1-2H3/t12-/m1/s1. The molecule has 0 fully saturated rings. The lowest BCUT2D eigenvalue weighted by Crippen LogP contribution is -2.22. The van der Waals surface area contributed by atoms with Crippen LogP contribution in [0.25, 0.3) is 5.65 Å². The van der Waals surface area contributed by atoms with E-state index < -0.39 is 11.6 Å². The number of hydrogen-bond donors (Lipinski definition) is 1. The number of fused-ring (bicyclic) bond motifs is 1. The summed E-state index contributed by atoms with van der Waals surface area (Å²) in [5.74, 6) is -1.75. The first kappa shape index (κ1) is 16.3. The van der Waals surface area contributed by atoms with E-state index in [1.54, 1.807) is 12.3 Å². The van der Waals surface area contributed by atoms with Crippen molar-refractivity contribution in [3.05, 3.63) is 81.4 Å². The third-order valence-corrected chi connectivity index (χ3v) is 3.89. The van der Waals surface area contributed by atoms with Gasteiger partial charge in [0, 0.05) is 24.8 Å². The van der Waals surface area contributed by atoms with Gasteiger partial charge in [0.25, 0.3) is 5.56 Å². The molecule has 0 unspecified atom stereocenters. The summed E-state index contributed by atoms with van der Waals surface area (Å²) in [6, 6.07) is 8.74. The van der Waals surface area contributed by atoms with Crippen molar-refractivity contribution in [3.63, 3.8) is 0 Å². The van der Waals surface area contributed by atoms with Gasteiger partial charge >= 0.3 is 0 Å². The molecule has 0 bridgehead atoms. The fraction of sp³-hybridized carbons (Fsp3) is 0.222. The summed E-state index contributed by atoms with van der Waals surface area (Å²) in [4.78, 5) is 16.6. The fourth-order valence-corrected chi connectivity index (χ4v) is 2.51. The maximum Gasteiger partial charge on any atom is 0.258 e. The van der Waals surface area contributed by atoms with E-state index in [1.165, 1.54) is 22.6 Å². The van der Waals surface area contributed by atoms with Crippen LogP contribution in [0.1, 0.15) is 29.8 Å². The van der Waals surface area contributed by atoms with Gasteiger partial charge in [-0.25, -0.2) is 13.8 Å². The summed E-state index contributed by atoms with van der Waals surface area (Å²) >= 11 is 0. The molecule has 2 aromatic heterocycles. The Bertz CT molecular complexity index is 953. The van der Waals surface area contributed by atoms with Gasteiger partial charge in [-0.3, -0.25) is 9.20 Å². The van der Waals surface area contributed by atoms with E-state index >= 15 is 0 Å². The zero-order valence-corrected chi connectivity index (χ0v) is 13.4. The molecule has 0 aliphatic carbocycles. The largest absolute Gasteiger partial charge is 0.305 e. The van der Waals surface area contributed by atoms with Crippen molar-refractivity contribution < 1.29 is 8.78 Å². The maximum atomic E-state index is 13.3. The molecule has 24 heavy (non-hydrogen) atoms. The first-order valence-electron chi connectivity index (χ1n) is 7.61. The van der Waals surface area contributed by atoms with E-state index in [1.807, 2.05) is 19.9 Å². The molecule has 0 aliphatic rings. The zero-order valence-electron chi connectivity index (χ0n) is 13.4. The normalized spacial score (nSPS) is 12.5. The van der Waals surface area contributed by atoms with Gasteiger partial charge in [0.1, 0.15) is 5.65 Å². The maximum absolute atomic E-state index is 13.3. The molecule has 0 saturated heterocycles. The molecule has 0 spiro atoms. The third kappa shape index (κ3) is 3.33. The number of hydrogen-bond acceptors (Lipinski definition) is 3. The average Bonchev–Trinajstić information content (AvgIpc) is 2.56. The van der Waals surface area contributed by atoms with Crippen LogP contribution in [0.4, 0.5) is 8.78 Å². The Balaban J connectivity index is 1.78. The Morgan fingerprint density at radius 2 is 1.96 bits per heavy atom. The van der Waals surface area contributed by atoms with Gasteiger partial charge < -0.3 is 5.32 Å². The Morgan fingerprint density at radius 1 is 1.17 bits per heavy atom. The fourth-order valence-electron chi connectivity index (χ4n) is 2.51. The second kappa shape index (κ2) is 6.49. The number of nitrogens with one attached hydrogen (secondary N) is 1. The topological polar surface area (TPSA) is 46.4 Å². The highest BCUT2D eigenvalue weighted by Crippen LogP contribution is 2.16. The first-order chi connectivity index (χ1) is 11.4. The minimum absolute atomic E-state index is 0.152. The van der Waals surface area contributed by atoms with Gasteiger partial charge in [-0.1, -0.05) is 12.1 Å². The van der Waals surface area contributed by atoms with Crippen LogP contribution in [0.15, 0.2) is 47.4 Å². The number of benzene rings is 1. The molecule has 3 rings (SSSR count). The molecule has 3 aromatic rings. The Labute approximate surface area is 137 Å². The number of rotatable bonds is 4. The smallest absolute Gasteiger partial charge is 0.258 e. The minimum atomic E-state index is -0.876. The molecule has 0 aliphatic heterocycles. The zero-order chi connectivity index (χ0) is 17.3.